The molecule has 1 rings (SSSR count). The molecule has 0 N–H and O–H groups in total. The van der Waals surface area contributed by atoms with Gasteiger partial charge in [-0.3, -0.25) is 0 Å². The average molecular weight is 279 g/mol. The molecule has 0 atom stereocenters. The number of rotatable bonds is 2. The molecule has 82 valence electrons. The molecule has 0 saturated carbocycles. The lowest BCUT2D eigenvalue weighted by Gasteiger charge is -1.92. The predicted octanol–water partition coefficient (Wildman–Crippen LogP) is 2.92. The molecular weight excluding hydrogens is 268 g/mol. The van der Waals surface area contributed by atoms with Gasteiger partial charge in [0.05, 0.1) is 6.61 Å². The van der Waals surface area contributed by atoms with Crippen molar-refractivity contribution in [2.75, 3.05) is 6.61 Å². The third kappa shape index (κ3) is 4.81. The summed E-state index contributed by atoms with van der Waals surface area (Å²) in [5.74, 6) is 5.30. The van der Waals surface area contributed by atoms with Crippen molar-refractivity contribution in [1.82, 2.24) is 0 Å². The number of allylic oxidation sites excluding steroid dienone is 1. The highest BCUT2D eigenvalue weighted by molar-refractivity contribution is 9.10. The van der Waals surface area contributed by atoms with E-state index in [0.29, 0.717) is 6.61 Å². The van der Waals surface area contributed by atoms with Crippen LogP contribution in [0.25, 0.3) is 0 Å². The second kappa shape index (κ2) is 6.86. The fraction of sp³-hybridized carbons (Fsp3) is 0.154. The third-order valence-electron chi connectivity index (χ3n) is 1.65. The summed E-state index contributed by atoms with van der Waals surface area (Å²) >= 11 is 3.34. The van der Waals surface area contributed by atoms with Crippen LogP contribution in [0.4, 0.5) is 0 Å². The molecule has 1 aromatic carbocycles. The fourth-order valence-electron chi connectivity index (χ4n) is 0.958. The Kier molecular flexibility index (Phi) is 5.38. The van der Waals surface area contributed by atoms with E-state index in [-0.39, 0.29) is 5.97 Å². The molecule has 0 heterocycles. The predicted molar refractivity (Wildman–Crippen MR) is 66.8 cm³/mol. The molecule has 0 fully saturated rings. The topological polar surface area (TPSA) is 26.3 Å². The molecule has 0 aliphatic heterocycles. The Morgan fingerprint density at radius 3 is 2.75 bits per heavy atom. The lowest BCUT2D eigenvalue weighted by molar-refractivity contribution is -0.137. The van der Waals surface area contributed by atoms with Gasteiger partial charge in [0.25, 0.3) is 0 Å². The average Bonchev–Trinajstić information content (AvgIpc) is 2.27. The van der Waals surface area contributed by atoms with Gasteiger partial charge >= 0.3 is 5.97 Å². The molecule has 3 heteroatoms. The first-order chi connectivity index (χ1) is 7.72. The van der Waals surface area contributed by atoms with Crippen LogP contribution in [-0.4, -0.2) is 12.6 Å². The number of hydrogen-bond acceptors (Lipinski definition) is 2. The highest BCUT2D eigenvalue weighted by Gasteiger charge is 1.90. The van der Waals surface area contributed by atoms with Gasteiger partial charge in [0, 0.05) is 16.1 Å². The van der Waals surface area contributed by atoms with Crippen LogP contribution in [0, 0.1) is 11.8 Å². The summed E-state index contributed by atoms with van der Waals surface area (Å²) in [7, 11) is 0. The Labute approximate surface area is 103 Å². The summed E-state index contributed by atoms with van der Waals surface area (Å²) in [5.41, 5.74) is 0.900. The van der Waals surface area contributed by atoms with Crippen molar-refractivity contribution >= 4 is 21.9 Å². The molecule has 0 amide bonds. The molecule has 0 aliphatic rings. The largest absolute Gasteiger partial charge is 0.463 e. The summed E-state index contributed by atoms with van der Waals surface area (Å²) in [6.07, 6.45) is 2.80. The summed E-state index contributed by atoms with van der Waals surface area (Å²) in [6, 6.07) is 7.63. The number of hydrogen-bond donors (Lipinski definition) is 0. The van der Waals surface area contributed by atoms with Crippen LogP contribution in [0.5, 0.6) is 0 Å². The first kappa shape index (κ1) is 12.5. The van der Waals surface area contributed by atoms with E-state index in [4.69, 9.17) is 4.74 Å². The molecule has 0 saturated heterocycles. The Morgan fingerprint density at radius 1 is 1.44 bits per heavy atom. The summed E-state index contributed by atoms with van der Waals surface area (Å²) in [5, 5.41) is 0. The van der Waals surface area contributed by atoms with Gasteiger partial charge in [0.1, 0.15) is 0 Å². The van der Waals surface area contributed by atoms with Crippen LogP contribution < -0.4 is 0 Å². The van der Waals surface area contributed by atoms with Crippen molar-refractivity contribution in [2.45, 2.75) is 6.92 Å². The van der Waals surface area contributed by atoms with E-state index in [1.54, 1.807) is 6.92 Å². The molecule has 2 nitrogen and oxygen atoms in total. The van der Waals surface area contributed by atoms with Gasteiger partial charge < -0.3 is 4.74 Å². The Hall–Kier alpha value is -1.53. The maximum absolute atomic E-state index is 10.9. The first-order valence-corrected chi connectivity index (χ1v) is 5.62. The molecule has 0 aromatic heterocycles. The summed E-state index contributed by atoms with van der Waals surface area (Å²) in [4.78, 5) is 10.9. The van der Waals surface area contributed by atoms with Crippen molar-refractivity contribution in [3.05, 3.63) is 46.5 Å². The van der Waals surface area contributed by atoms with Crippen LogP contribution in [0.2, 0.25) is 0 Å². The van der Waals surface area contributed by atoms with E-state index < -0.39 is 0 Å². The molecule has 0 bridgehead atoms. The quantitative estimate of drug-likeness (QED) is 0.472. The van der Waals surface area contributed by atoms with Crippen LogP contribution in [0.1, 0.15) is 12.5 Å². The fourth-order valence-corrected chi connectivity index (χ4v) is 1.22. The summed E-state index contributed by atoms with van der Waals surface area (Å²) in [6.45, 7) is 2.14. The zero-order chi connectivity index (χ0) is 11.8. The van der Waals surface area contributed by atoms with Crippen molar-refractivity contribution < 1.29 is 9.53 Å². The standard InChI is InChI=1S/C13H11BrO2/c1-2-16-13(15)6-4-3-5-11-7-9-12(14)10-8-11/h4,6-10H,2H2,1H3. The smallest absolute Gasteiger partial charge is 0.331 e. The highest BCUT2D eigenvalue weighted by atomic mass is 79.9. The van der Waals surface area contributed by atoms with Crippen molar-refractivity contribution in [3.63, 3.8) is 0 Å². The highest BCUT2D eigenvalue weighted by Crippen LogP contribution is 2.09. The van der Waals surface area contributed by atoms with E-state index in [1.165, 1.54) is 12.2 Å². The lowest BCUT2D eigenvalue weighted by atomic mass is 10.2. The van der Waals surface area contributed by atoms with E-state index >= 15 is 0 Å². The molecule has 16 heavy (non-hydrogen) atoms. The van der Waals surface area contributed by atoms with Crippen LogP contribution in [0.3, 0.4) is 0 Å². The zero-order valence-electron chi connectivity index (χ0n) is 8.87. The van der Waals surface area contributed by atoms with Crippen LogP contribution in [-0.2, 0) is 9.53 Å². The first-order valence-electron chi connectivity index (χ1n) is 4.83. The second-order valence-electron chi connectivity index (χ2n) is 2.86. The Balaban J connectivity index is 2.55. The van der Waals surface area contributed by atoms with Gasteiger partial charge in [0.2, 0.25) is 0 Å². The van der Waals surface area contributed by atoms with E-state index in [0.717, 1.165) is 10.0 Å². The Bertz CT molecular complexity index is 435. The van der Waals surface area contributed by atoms with Crippen molar-refractivity contribution in [3.8, 4) is 11.8 Å². The summed E-state index contributed by atoms with van der Waals surface area (Å²) < 4.78 is 5.72. The van der Waals surface area contributed by atoms with Gasteiger partial charge in [-0.05, 0) is 37.3 Å². The van der Waals surface area contributed by atoms with Gasteiger partial charge in [-0.1, -0.05) is 27.8 Å². The minimum atomic E-state index is -0.368. The van der Waals surface area contributed by atoms with Crippen LogP contribution in [0.15, 0.2) is 40.9 Å². The van der Waals surface area contributed by atoms with Crippen molar-refractivity contribution in [1.29, 1.82) is 0 Å². The zero-order valence-corrected chi connectivity index (χ0v) is 10.5. The molecule has 0 spiro atoms. The second-order valence-corrected chi connectivity index (χ2v) is 3.78. The number of benzene rings is 1. The molecule has 0 aliphatic carbocycles. The van der Waals surface area contributed by atoms with Crippen LogP contribution >= 0.6 is 15.9 Å². The number of ether oxygens (including phenoxy) is 1. The number of halogens is 1. The molecule has 0 unspecified atom stereocenters. The van der Waals surface area contributed by atoms with E-state index in [2.05, 4.69) is 27.8 Å². The van der Waals surface area contributed by atoms with E-state index in [9.17, 15) is 4.79 Å². The number of carbonyl (C=O) groups excluding carboxylic acids is 1. The van der Waals surface area contributed by atoms with Gasteiger partial charge in [-0.2, -0.15) is 0 Å². The monoisotopic (exact) mass is 278 g/mol. The van der Waals surface area contributed by atoms with Crippen molar-refractivity contribution in [2.24, 2.45) is 0 Å². The minimum Gasteiger partial charge on any atom is -0.463 e. The van der Waals surface area contributed by atoms with Gasteiger partial charge in [-0.15, -0.1) is 0 Å². The third-order valence-corrected chi connectivity index (χ3v) is 2.18. The van der Waals surface area contributed by atoms with Gasteiger partial charge in [0.15, 0.2) is 0 Å². The normalized spacial score (nSPS) is 9.62. The SMILES string of the molecule is CCOC(=O)C=CC#Cc1ccc(Br)cc1. The van der Waals surface area contributed by atoms with E-state index in [1.807, 2.05) is 24.3 Å². The Morgan fingerprint density at radius 2 is 2.12 bits per heavy atom. The van der Waals surface area contributed by atoms with Gasteiger partial charge in [-0.25, -0.2) is 4.79 Å². The molecular formula is C13H11BrO2. The number of esters is 1. The maximum atomic E-state index is 10.9. The molecule has 0 radical (unpaired) electrons. The molecule has 1 aromatic rings. The minimum absolute atomic E-state index is 0.368. The maximum Gasteiger partial charge on any atom is 0.331 e. The number of carbonyl (C=O) groups is 1. The lowest BCUT2D eigenvalue weighted by Crippen LogP contribution is -1.98.